The number of hydrogen-bond acceptors (Lipinski definition) is 10. The zero-order valence-electron chi connectivity index (χ0n) is 34.0. The van der Waals surface area contributed by atoms with Crippen molar-refractivity contribution < 1.29 is 65.4 Å². The lowest BCUT2D eigenvalue weighted by molar-refractivity contribution is -0.138. The quantitative estimate of drug-likeness (QED) is 0.169. The maximum absolute atomic E-state index is 13.3. The fourth-order valence-corrected chi connectivity index (χ4v) is 5.35. The lowest BCUT2D eigenvalue weighted by Crippen LogP contribution is -2.47. The number of nitrogens with zero attached hydrogens (tertiary/aromatic N) is 4. The molecule has 2 atom stereocenters. The third kappa shape index (κ3) is 11.9. The van der Waals surface area contributed by atoms with Gasteiger partial charge in [-0.2, -0.15) is 26.3 Å². The molecule has 0 fully saturated rings. The first kappa shape index (κ1) is 49.9. The molecule has 3 N–H and O–H groups in total. The molecule has 0 spiro atoms. The molecule has 0 bridgehead atoms. The summed E-state index contributed by atoms with van der Waals surface area (Å²) in [4.78, 5) is 33.4. The second-order valence-corrected chi connectivity index (χ2v) is 15.3. The molecule has 12 nitrogen and oxygen atoms in total. The largest absolute Gasteiger partial charge is 0.496 e. The van der Waals surface area contributed by atoms with E-state index in [0.717, 1.165) is 28.3 Å². The van der Waals surface area contributed by atoms with Crippen LogP contribution < -0.4 is 9.80 Å². The number of methoxy groups -OCH3 is 2. The summed E-state index contributed by atoms with van der Waals surface area (Å²) >= 11 is 2.76. The van der Waals surface area contributed by atoms with Crippen LogP contribution in [0.5, 0.6) is 0 Å². The predicted octanol–water partition coefficient (Wildman–Crippen LogP) is 7.65. The van der Waals surface area contributed by atoms with Crippen LogP contribution in [0.25, 0.3) is 6.08 Å². The summed E-state index contributed by atoms with van der Waals surface area (Å²) in [7, 11) is 4.16. The van der Waals surface area contributed by atoms with Crippen LogP contribution in [0.4, 0.5) is 38.0 Å². The van der Waals surface area contributed by atoms with Crippen LogP contribution in [-0.4, -0.2) is 82.5 Å². The van der Waals surface area contributed by atoms with Crippen LogP contribution in [-0.2, 0) is 36.1 Å². The summed E-state index contributed by atoms with van der Waals surface area (Å²) in [5.74, 6) is -0.0705. The number of anilines is 2. The van der Waals surface area contributed by atoms with E-state index in [1.165, 1.54) is 39.7 Å². The van der Waals surface area contributed by atoms with Gasteiger partial charge in [-0.1, -0.05) is 23.2 Å². The van der Waals surface area contributed by atoms with Gasteiger partial charge in [0.2, 0.25) is 0 Å². The Hall–Kier alpha value is -4.24. The first-order valence-corrected chi connectivity index (χ1v) is 18.1. The highest BCUT2D eigenvalue weighted by Gasteiger charge is 2.43. The highest BCUT2D eigenvalue weighted by molar-refractivity contribution is 9.10. The maximum Gasteiger partial charge on any atom is 0.417 e. The van der Waals surface area contributed by atoms with Crippen molar-refractivity contribution in [2.24, 2.45) is 0 Å². The van der Waals surface area contributed by atoms with Crippen LogP contribution in [0.2, 0.25) is 0 Å². The van der Waals surface area contributed by atoms with E-state index in [1.54, 1.807) is 35.2 Å². The second kappa shape index (κ2) is 19.2. The molecule has 2 amide bonds. The monoisotopic (exact) mass is 891 g/mol. The van der Waals surface area contributed by atoms with Crippen LogP contribution in [0.3, 0.4) is 0 Å². The van der Waals surface area contributed by atoms with E-state index in [-0.39, 0.29) is 44.3 Å². The molecule has 1 radical (unpaired) electrons. The van der Waals surface area contributed by atoms with Gasteiger partial charge < -0.3 is 29.4 Å². The number of carbonyl (C=O) groups is 2. The van der Waals surface area contributed by atoms with E-state index in [0.29, 0.717) is 11.6 Å². The lowest BCUT2D eigenvalue weighted by atomic mass is 9.86. The summed E-state index contributed by atoms with van der Waals surface area (Å²) in [5.41, 5.74) is -1.37. The number of aliphatic hydroxyl groups is 3. The van der Waals surface area contributed by atoms with Crippen molar-refractivity contribution in [2.45, 2.75) is 105 Å². The number of carbonyl (C=O) groups excluding carboxylic acids is 2. The molecule has 319 valence electrons. The van der Waals surface area contributed by atoms with Crippen LogP contribution in [0.1, 0.15) is 85.9 Å². The predicted molar refractivity (Wildman–Crippen MR) is 209 cm³/mol. The molecule has 2 aromatic heterocycles. The number of alkyl halides is 6. The molecule has 2 unspecified atom stereocenters. The van der Waals surface area contributed by atoms with Gasteiger partial charge in [-0.3, -0.25) is 19.4 Å². The van der Waals surface area contributed by atoms with E-state index in [9.17, 15) is 51.3 Å². The Bertz CT molecular complexity index is 1970. The molecule has 2 aromatic rings. The minimum atomic E-state index is -4.63. The van der Waals surface area contributed by atoms with E-state index in [1.807, 2.05) is 33.7 Å². The van der Waals surface area contributed by atoms with Gasteiger partial charge in [0.15, 0.2) is 24.0 Å². The number of hydrogen-bond donors (Lipinski definition) is 3. The minimum Gasteiger partial charge on any atom is -0.496 e. The smallest absolute Gasteiger partial charge is 0.417 e. The summed E-state index contributed by atoms with van der Waals surface area (Å²) in [6, 6.07) is 1.44. The molecule has 4 rings (SSSR count). The van der Waals surface area contributed by atoms with E-state index in [4.69, 9.17) is 14.1 Å². The minimum absolute atomic E-state index is 0.0104. The fourth-order valence-electron chi connectivity index (χ4n) is 4.91. The fraction of sp³-hybridized carbons (Fsp3) is 0.474. The second-order valence-electron chi connectivity index (χ2n) is 14.4. The van der Waals surface area contributed by atoms with Gasteiger partial charge in [0.25, 0.3) is 11.8 Å². The Balaban J connectivity index is 0.000000314. The number of rotatable bonds is 9. The van der Waals surface area contributed by atoms with Crippen LogP contribution in [0, 0.1) is 0 Å². The van der Waals surface area contributed by atoms with Gasteiger partial charge in [-0.05, 0) is 97.3 Å². The van der Waals surface area contributed by atoms with Gasteiger partial charge in [0.1, 0.15) is 11.6 Å². The third-order valence-electron chi connectivity index (χ3n) is 8.76. The molecular weight excluding hydrogens is 845 g/mol. The molecule has 20 heteroatoms. The molecule has 2 aliphatic rings. The third-order valence-corrected chi connectivity index (χ3v) is 9.40. The van der Waals surface area contributed by atoms with Gasteiger partial charge in [0, 0.05) is 22.4 Å². The van der Waals surface area contributed by atoms with E-state index >= 15 is 0 Å². The van der Waals surface area contributed by atoms with Crippen molar-refractivity contribution >= 4 is 52.9 Å². The molecular formula is C38H47BBrF6N4O8. The normalized spacial score (nSPS) is 17.4. The maximum atomic E-state index is 13.3. The average molecular weight is 893 g/mol. The van der Waals surface area contributed by atoms with Crippen molar-refractivity contribution in [1.82, 2.24) is 9.97 Å². The Morgan fingerprint density at radius 3 is 1.53 bits per heavy atom. The molecule has 2 aliphatic heterocycles. The summed E-state index contributed by atoms with van der Waals surface area (Å²) < 4.78 is 93.6. The number of ether oxygens (including phenoxy) is 2. The highest BCUT2D eigenvalue weighted by atomic mass is 79.9. The van der Waals surface area contributed by atoms with E-state index in [2.05, 4.69) is 25.9 Å². The average Bonchev–Trinajstić information content (AvgIpc) is 3.43. The van der Waals surface area contributed by atoms with Crippen LogP contribution in [0.15, 0.2) is 68.8 Å². The van der Waals surface area contributed by atoms with Gasteiger partial charge in [-0.25, -0.2) is 9.97 Å². The summed E-state index contributed by atoms with van der Waals surface area (Å²) in [6.45, 7) is 17.4. The van der Waals surface area contributed by atoms with Crippen molar-refractivity contribution in [1.29, 1.82) is 0 Å². The zero-order chi connectivity index (χ0) is 44.9. The van der Waals surface area contributed by atoms with Crippen LogP contribution >= 0.6 is 15.9 Å². The zero-order valence-corrected chi connectivity index (χ0v) is 35.6. The Labute approximate surface area is 342 Å². The first-order valence-electron chi connectivity index (χ1n) is 17.3. The van der Waals surface area contributed by atoms with Crippen molar-refractivity contribution in [3.63, 3.8) is 0 Å². The van der Waals surface area contributed by atoms with Gasteiger partial charge >= 0.3 is 19.8 Å². The SMILES string of the molecule is CC(C)=C[B]OC(C)(C)C(C)(C)O.COC1=C(C)C(=O)N(c2cc(C(F)(F)F)c(Br)cn2)C1O.COC1=C(C)C(=O)N(c2cc(C(F)(F)F)c(C=C(C)C)cn2)C1O. The number of allylic oxidation sites excluding steroid dienone is 2. The molecule has 4 heterocycles. The molecule has 58 heavy (non-hydrogen) atoms. The lowest BCUT2D eigenvalue weighted by Gasteiger charge is -2.37. The Morgan fingerprint density at radius 1 is 0.776 bits per heavy atom. The van der Waals surface area contributed by atoms with Crippen molar-refractivity contribution in [3.05, 3.63) is 85.5 Å². The Kier molecular flexibility index (Phi) is 16.5. The molecule has 0 saturated carbocycles. The molecule has 0 saturated heterocycles. The standard InChI is InChI=1S/C16H17F3N2O3.C12H10BrF3N2O3.C10H20BO2/c1-8(2)5-10-7-20-12(6-11(10)16(17,18)19)21-14(22)9(3)13(24-4)15(21)23;1-5-9(21-2)11(20)18(10(5)19)8-3-6(12(14,15)16)7(13)4-17-8;1-8(2)7-11-13-10(5,6)9(3,4)12/h5-7,15,23H,1-4H3;3-4,11,20H,1-2H3;7,12H,1-6H3. The molecule has 0 aliphatic carbocycles. The number of pyridine rings is 2. The first-order chi connectivity index (χ1) is 26.4. The van der Waals surface area contributed by atoms with Crippen molar-refractivity contribution in [3.8, 4) is 0 Å². The van der Waals surface area contributed by atoms with Gasteiger partial charge in [0.05, 0.1) is 47.7 Å². The topological polar surface area (TPSA) is 155 Å². The number of halogens is 7. The number of aromatic nitrogens is 2. The summed E-state index contributed by atoms with van der Waals surface area (Å²) in [6.07, 6.45) is -8.94. The summed E-state index contributed by atoms with van der Waals surface area (Å²) in [5, 5.41) is 29.9. The van der Waals surface area contributed by atoms with Gasteiger partial charge in [-0.15, -0.1) is 0 Å². The molecule has 0 aromatic carbocycles. The Morgan fingerprint density at radius 2 is 1.19 bits per heavy atom. The highest BCUT2D eigenvalue weighted by Crippen LogP contribution is 2.39. The number of aliphatic hydroxyl groups excluding tert-OH is 2. The number of amides is 2. The van der Waals surface area contributed by atoms with Crippen molar-refractivity contribution in [2.75, 3.05) is 24.0 Å². The van der Waals surface area contributed by atoms with E-state index < -0.39 is 59.0 Å².